The molecule has 0 radical (unpaired) electrons. The van der Waals surface area contributed by atoms with E-state index in [-0.39, 0.29) is 18.3 Å². The second-order valence-corrected chi connectivity index (χ2v) is 8.97. The lowest BCUT2D eigenvalue weighted by Crippen LogP contribution is -2.29. The van der Waals surface area contributed by atoms with Crippen molar-refractivity contribution in [3.8, 4) is 17.2 Å². The molecule has 0 saturated carbocycles. The van der Waals surface area contributed by atoms with Crippen molar-refractivity contribution >= 4 is 34.8 Å². The van der Waals surface area contributed by atoms with Gasteiger partial charge in [-0.05, 0) is 38.5 Å². The number of nitrogens with one attached hydrogen (secondary N) is 1. The summed E-state index contributed by atoms with van der Waals surface area (Å²) in [5.41, 5.74) is 2.81. The average Bonchev–Trinajstić information content (AvgIpc) is 3.23. The molecule has 0 saturated heterocycles. The molecular formula is C26H32ClN3O4S. The van der Waals surface area contributed by atoms with Gasteiger partial charge in [0.25, 0.3) is 5.91 Å². The minimum absolute atomic E-state index is 0. The van der Waals surface area contributed by atoms with Gasteiger partial charge in [0.05, 0.1) is 25.5 Å². The number of carbonyl (C=O) groups excluding carboxylic acids is 1. The number of ether oxygens (including phenoxy) is 3. The Hall–Kier alpha value is -2.81. The van der Waals surface area contributed by atoms with Crippen molar-refractivity contribution in [1.29, 1.82) is 0 Å². The van der Waals surface area contributed by atoms with Crippen LogP contribution in [0, 0.1) is 0 Å². The Kier molecular flexibility index (Phi) is 9.77. The number of aromatic nitrogens is 1. The number of nitrogens with zero attached hydrogens (tertiary/aromatic N) is 2. The largest absolute Gasteiger partial charge is 0.490 e. The Labute approximate surface area is 216 Å². The lowest BCUT2D eigenvalue weighted by Gasteiger charge is -2.25. The Bertz CT molecular complexity index is 1100. The van der Waals surface area contributed by atoms with Crippen molar-refractivity contribution in [3.63, 3.8) is 0 Å². The predicted molar refractivity (Wildman–Crippen MR) is 142 cm³/mol. The van der Waals surface area contributed by atoms with Crippen LogP contribution in [-0.2, 0) is 19.5 Å². The van der Waals surface area contributed by atoms with Crippen LogP contribution >= 0.6 is 23.7 Å². The number of amides is 1. The van der Waals surface area contributed by atoms with Gasteiger partial charge in [0.2, 0.25) is 5.75 Å². The molecule has 4 rings (SSSR count). The molecule has 1 amide bonds. The summed E-state index contributed by atoms with van der Waals surface area (Å²) in [6, 6.07) is 13.9. The van der Waals surface area contributed by atoms with E-state index in [1.54, 1.807) is 23.5 Å². The molecule has 0 bridgehead atoms. The molecule has 1 aliphatic heterocycles. The van der Waals surface area contributed by atoms with Crippen LogP contribution < -0.4 is 19.5 Å². The maximum Gasteiger partial charge on any atom is 0.257 e. The number of fused-ring (bicyclic) bond motifs is 1. The Balaban J connectivity index is 0.00000342. The molecule has 188 valence electrons. The van der Waals surface area contributed by atoms with Crippen LogP contribution in [0.5, 0.6) is 17.2 Å². The predicted octanol–water partition coefficient (Wildman–Crippen LogP) is 5.57. The highest BCUT2D eigenvalue weighted by molar-refractivity contribution is 7.15. The van der Waals surface area contributed by atoms with Crippen LogP contribution in [0.2, 0.25) is 0 Å². The van der Waals surface area contributed by atoms with E-state index in [1.807, 2.05) is 26.8 Å². The first-order chi connectivity index (χ1) is 16.6. The molecule has 0 spiro atoms. The number of carbonyl (C=O) groups is 1. The van der Waals surface area contributed by atoms with Crippen molar-refractivity contribution in [2.75, 3.05) is 31.7 Å². The molecule has 3 aromatic rings. The molecule has 0 unspecified atom stereocenters. The minimum atomic E-state index is -0.253. The molecule has 0 aliphatic carbocycles. The van der Waals surface area contributed by atoms with E-state index in [2.05, 4.69) is 34.5 Å². The van der Waals surface area contributed by atoms with Crippen LogP contribution in [0.4, 0.5) is 5.13 Å². The first-order valence-corrected chi connectivity index (χ1v) is 12.6. The van der Waals surface area contributed by atoms with Gasteiger partial charge in [0, 0.05) is 36.5 Å². The summed E-state index contributed by atoms with van der Waals surface area (Å²) in [6.07, 6.45) is 0.876. The van der Waals surface area contributed by atoms with Gasteiger partial charge in [0.1, 0.15) is 0 Å². The monoisotopic (exact) mass is 517 g/mol. The Morgan fingerprint density at radius 2 is 1.69 bits per heavy atom. The van der Waals surface area contributed by atoms with Crippen LogP contribution in [-0.4, -0.2) is 42.2 Å². The van der Waals surface area contributed by atoms with Gasteiger partial charge in [-0.2, -0.15) is 0 Å². The molecule has 1 aliphatic rings. The number of hydrogen-bond donors (Lipinski definition) is 1. The summed E-state index contributed by atoms with van der Waals surface area (Å²) in [6.45, 7) is 9.76. The number of hydrogen-bond acceptors (Lipinski definition) is 7. The lowest BCUT2D eigenvalue weighted by molar-refractivity contribution is 0.102. The maximum absolute atomic E-state index is 13.1. The topological polar surface area (TPSA) is 72.9 Å². The number of anilines is 1. The van der Waals surface area contributed by atoms with E-state index >= 15 is 0 Å². The second kappa shape index (κ2) is 12.8. The van der Waals surface area contributed by atoms with Crippen LogP contribution in [0.1, 0.15) is 47.3 Å². The normalized spacial score (nSPS) is 12.9. The van der Waals surface area contributed by atoms with Crippen molar-refractivity contribution in [2.24, 2.45) is 0 Å². The van der Waals surface area contributed by atoms with Gasteiger partial charge < -0.3 is 14.2 Å². The molecule has 2 heterocycles. The fourth-order valence-corrected chi connectivity index (χ4v) is 5.01. The third-order valence-electron chi connectivity index (χ3n) is 5.45. The molecule has 9 heteroatoms. The molecular weight excluding hydrogens is 486 g/mol. The standard InChI is InChI=1S/C26H31N3O4S.ClH/c1-4-31-21-14-19(15-22(32-5-2)24(21)33-6-3)25(30)28-26-27-20-12-13-29(17-23(20)34-26)16-18-10-8-7-9-11-18;/h7-11,14-15H,4-6,12-13,16-17H2,1-3H3,(H,27,28,30);1H. The summed E-state index contributed by atoms with van der Waals surface area (Å²) in [4.78, 5) is 21.4. The fourth-order valence-electron chi connectivity index (χ4n) is 3.97. The lowest BCUT2D eigenvalue weighted by atomic mass is 10.1. The SMILES string of the molecule is CCOc1cc(C(=O)Nc2nc3c(s2)CN(Cc2ccccc2)CC3)cc(OCC)c1OCC.Cl. The van der Waals surface area contributed by atoms with Gasteiger partial charge in [-0.25, -0.2) is 4.98 Å². The molecule has 1 aromatic heterocycles. The van der Waals surface area contributed by atoms with E-state index in [0.29, 0.717) is 47.8 Å². The van der Waals surface area contributed by atoms with Gasteiger partial charge in [-0.3, -0.25) is 15.0 Å². The van der Waals surface area contributed by atoms with Crippen LogP contribution in [0.25, 0.3) is 0 Å². The molecule has 2 aromatic carbocycles. The number of benzene rings is 2. The molecule has 1 N–H and O–H groups in total. The summed E-state index contributed by atoms with van der Waals surface area (Å²) >= 11 is 1.54. The second-order valence-electron chi connectivity index (χ2n) is 7.89. The summed E-state index contributed by atoms with van der Waals surface area (Å²) in [5, 5.41) is 3.58. The van der Waals surface area contributed by atoms with E-state index in [4.69, 9.17) is 19.2 Å². The number of thiazole rings is 1. The zero-order valence-corrected chi connectivity index (χ0v) is 22.0. The minimum Gasteiger partial charge on any atom is -0.490 e. The average molecular weight is 518 g/mol. The highest BCUT2D eigenvalue weighted by atomic mass is 35.5. The highest BCUT2D eigenvalue weighted by Gasteiger charge is 2.23. The van der Waals surface area contributed by atoms with E-state index in [0.717, 1.165) is 31.7 Å². The van der Waals surface area contributed by atoms with Crippen LogP contribution in [0.3, 0.4) is 0 Å². The third kappa shape index (κ3) is 6.66. The molecule has 7 nitrogen and oxygen atoms in total. The first kappa shape index (κ1) is 26.8. The Morgan fingerprint density at radius 3 is 2.31 bits per heavy atom. The summed E-state index contributed by atoms with van der Waals surface area (Å²) in [7, 11) is 0. The van der Waals surface area contributed by atoms with Crippen molar-refractivity contribution < 1.29 is 19.0 Å². The first-order valence-electron chi connectivity index (χ1n) is 11.7. The fraction of sp³-hybridized carbons (Fsp3) is 0.385. The quantitative estimate of drug-likeness (QED) is 0.379. The highest BCUT2D eigenvalue weighted by Crippen LogP contribution is 2.39. The van der Waals surface area contributed by atoms with Crippen molar-refractivity contribution in [2.45, 2.75) is 40.3 Å². The van der Waals surface area contributed by atoms with Crippen molar-refractivity contribution in [1.82, 2.24) is 9.88 Å². The van der Waals surface area contributed by atoms with Gasteiger partial charge in [0.15, 0.2) is 16.6 Å². The third-order valence-corrected chi connectivity index (χ3v) is 6.45. The van der Waals surface area contributed by atoms with Crippen LogP contribution in [0.15, 0.2) is 42.5 Å². The van der Waals surface area contributed by atoms with E-state index in [1.165, 1.54) is 10.4 Å². The van der Waals surface area contributed by atoms with Crippen molar-refractivity contribution in [3.05, 3.63) is 64.2 Å². The molecule has 0 atom stereocenters. The Morgan fingerprint density at radius 1 is 1.03 bits per heavy atom. The van der Waals surface area contributed by atoms with E-state index in [9.17, 15) is 4.79 Å². The molecule has 0 fully saturated rings. The van der Waals surface area contributed by atoms with E-state index < -0.39 is 0 Å². The zero-order chi connectivity index (χ0) is 23.9. The smallest absolute Gasteiger partial charge is 0.257 e. The summed E-state index contributed by atoms with van der Waals surface area (Å²) in [5.74, 6) is 1.26. The molecule has 35 heavy (non-hydrogen) atoms. The maximum atomic E-state index is 13.1. The zero-order valence-electron chi connectivity index (χ0n) is 20.3. The van der Waals surface area contributed by atoms with Gasteiger partial charge in [-0.1, -0.05) is 30.3 Å². The number of rotatable bonds is 10. The van der Waals surface area contributed by atoms with Gasteiger partial charge >= 0.3 is 0 Å². The number of halogens is 1. The van der Waals surface area contributed by atoms with Gasteiger partial charge in [-0.15, -0.1) is 23.7 Å². The summed E-state index contributed by atoms with van der Waals surface area (Å²) < 4.78 is 17.2.